The average molecular weight is 315 g/mol. The molecule has 2 rings (SSSR count). The maximum absolute atomic E-state index is 5.99. The van der Waals surface area contributed by atoms with Crippen LogP contribution in [0.2, 0.25) is 0 Å². The third-order valence-corrected chi connectivity index (χ3v) is 4.84. The molecule has 1 aromatic heterocycles. The quantitative estimate of drug-likeness (QED) is 0.923. The van der Waals surface area contributed by atoms with Crippen LogP contribution in [0.4, 0.5) is 0 Å². The van der Waals surface area contributed by atoms with E-state index in [9.17, 15) is 0 Å². The van der Waals surface area contributed by atoms with Crippen LogP contribution < -0.4 is 5.73 Å². The van der Waals surface area contributed by atoms with Gasteiger partial charge in [-0.15, -0.1) is 0 Å². The molecule has 0 aromatic carbocycles. The van der Waals surface area contributed by atoms with Gasteiger partial charge in [0.25, 0.3) is 0 Å². The van der Waals surface area contributed by atoms with Crippen LogP contribution in [0.15, 0.2) is 4.47 Å². The van der Waals surface area contributed by atoms with Crippen molar-refractivity contribution in [1.82, 2.24) is 14.7 Å². The lowest BCUT2D eigenvalue weighted by molar-refractivity contribution is 0.299. The average Bonchev–Trinajstić information content (AvgIpc) is 2.89. The molecule has 2 N–H and O–H groups in total. The summed E-state index contributed by atoms with van der Waals surface area (Å²) >= 11 is 3.68. The fourth-order valence-corrected chi connectivity index (χ4v) is 3.38. The summed E-state index contributed by atoms with van der Waals surface area (Å²) in [5.74, 6) is 0.641. The first kappa shape index (κ1) is 14.0. The fraction of sp³-hybridized carbons (Fsp3) is 0.769. The van der Waals surface area contributed by atoms with E-state index in [0.29, 0.717) is 12.0 Å². The maximum Gasteiger partial charge on any atom is 0.0767 e. The van der Waals surface area contributed by atoms with Gasteiger partial charge in [-0.3, -0.25) is 9.58 Å². The zero-order chi connectivity index (χ0) is 13.3. The first-order valence-corrected chi connectivity index (χ1v) is 7.50. The molecule has 0 spiro atoms. The Hall–Kier alpha value is -0.390. The number of halogens is 1. The molecule has 2 atom stereocenters. The Morgan fingerprint density at radius 1 is 1.56 bits per heavy atom. The predicted octanol–water partition coefficient (Wildman–Crippen LogP) is 1.91. The SMILES string of the molecule is CCc1nn(C)c(CN2CCC(C(C)N)C2)c1Br. The monoisotopic (exact) mass is 314 g/mol. The van der Waals surface area contributed by atoms with E-state index in [-0.39, 0.29) is 0 Å². The molecular formula is C13H23BrN4. The molecule has 102 valence electrons. The van der Waals surface area contributed by atoms with Gasteiger partial charge in [0.05, 0.1) is 15.9 Å². The molecule has 1 fully saturated rings. The van der Waals surface area contributed by atoms with Gasteiger partial charge in [0.15, 0.2) is 0 Å². The van der Waals surface area contributed by atoms with Gasteiger partial charge in [-0.2, -0.15) is 5.10 Å². The van der Waals surface area contributed by atoms with Crippen molar-refractivity contribution in [2.24, 2.45) is 18.7 Å². The van der Waals surface area contributed by atoms with Crippen molar-refractivity contribution in [3.05, 3.63) is 15.9 Å². The second kappa shape index (κ2) is 5.72. The molecule has 1 aliphatic rings. The second-order valence-corrected chi connectivity index (χ2v) is 6.12. The van der Waals surface area contributed by atoms with E-state index in [2.05, 4.69) is 39.8 Å². The van der Waals surface area contributed by atoms with Crippen molar-refractivity contribution < 1.29 is 0 Å². The zero-order valence-electron chi connectivity index (χ0n) is 11.5. The standard InChI is InChI=1S/C13H23BrN4/c1-4-11-13(14)12(17(3)16-11)8-18-6-5-10(7-18)9(2)15/h9-10H,4-8,15H2,1-3H3. The molecule has 0 radical (unpaired) electrons. The predicted molar refractivity (Wildman–Crippen MR) is 77.3 cm³/mol. The zero-order valence-corrected chi connectivity index (χ0v) is 13.1. The smallest absolute Gasteiger partial charge is 0.0767 e. The number of likely N-dealkylation sites (tertiary alicyclic amines) is 1. The van der Waals surface area contributed by atoms with Gasteiger partial charge in [-0.25, -0.2) is 0 Å². The number of aromatic nitrogens is 2. The van der Waals surface area contributed by atoms with Crippen molar-refractivity contribution in [2.75, 3.05) is 13.1 Å². The number of nitrogens with two attached hydrogens (primary N) is 1. The summed E-state index contributed by atoms with van der Waals surface area (Å²) < 4.78 is 3.18. The molecule has 1 saturated heterocycles. The highest BCUT2D eigenvalue weighted by Gasteiger charge is 2.26. The van der Waals surface area contributed by atoms with E-state index in [4.69, 9.17) is 5.73 Å². The summed E-state index contributed by atoms with van der Waals surface area (Å²) in [7, 11) is 2.03. The molecule has 0 bridgehead atoms. The molecular weight excluding hydrogens is 292 g/mol. The van der Waals surface area contributed by atoms with Crippen LogP contribution in [-0.4, -0.2) is 33.8 Å². The molecule has 0 aliphatic carbocycles. The number of nitrogens with zero attached hydrogens (tertiary/aromatic N) is 3. The third-order valence-electron chi connectivity index (χ3n) is 3.93. The van der Waals surface area contributed by atoms with E-state index >= 15 is 0 Å². The number of hydrogen-bond acceptors (Lipinski definition) is 3. The van der Waals surface area contributed by atoms with E-state index in [0.717, 1.165) is 31.7 Å². The fourth-order valence-electron chi connectivity index (χ4n) is 2.64. The summed E-state index contributed by atoms with van der Waals surface area (Å²) in [6, 6.07) is 0.302. The van der Waals surface area contributed by atoms with Crippen LogP contribution in [-0.2, 0) is 20.0 Å². The van der Waals surface area contributed by atoms with E-state index < -0.39 is 0 Å². The second-order valence-electron chi connectivity index (χ2n) is 5.33. The largest absolute Gasteiger partial charge is 0.328 e. The van der Waals surface area contributed by atoms with Crippen molar-refractivity contribution in [3.8, 4) is 0 Å². The first-order chi connectivity index (χ1) is 8.52. The molecule has 18 heavy (non-hydrogen) atoms. The Bertz CT molecular complexity index is 413. The number of aryl methyl sites for hydroxylation is 2. The number of rotatable bonds is 4. The van der Waals surface area contributed by atoms with Gasteiger partial charge in [-0.1, -0.05) is 6.92 Å². The summed E-state index contributed by atoms with van der Waals surface area (Å²) in [4.78, 5) is 2.48. The Morgan fingerprint density at radius 2 is 2.28 bits per heavy atom. The first-order valence-electron chi connectivity index (χ1n) is 6.71. The van der Waals surface area contributed by atoms with Gasteiger partial charge in [0.1, 0.15) is 0 Å². The highest BCUT2D eigenvalue weighted by Crippen LogP contribution is 2.26. The van der Waals surface area contributed by atoms with Gasteiger partial charge in [0, 0.05) is 26.2 Å². The Morgan fingerprint density at radius 3 is 2.78 bits per heavy atom. The minimum absolute atomic E-state index is 0.302. The summed E-state index contributed by atoms with van der Waals surface area (Å²) in [5.41, 5.74) is 8.41. The van der Waals surface area contributed by atoms with Crippen molar-refractivity contribution in [3.63, 3.8) is 0 Å². The third kappa shape index (κ3) is 2.78. The molecule has 0 saturated carbocycles. The van der Waals surface area contributed by atoms with Gasteiger partial charge < -0.3 is 5.73 Å². The molecule has 0 amide bonds. The van der Waals surface area contributed by atoms with E-state index in [1.165, 1.54) is 16.6 Å². The summed E-state index contributed by atoms with van der Waals surface area (Å²) in [6.45, 7) is 7.47. The summed E-state index contributed by atoms with van der Waals surface area (Å²) in [5, 5.41) is 4.54. The molecule has 2 heterocycles. The van der Waals surface area contributed by atoms with E-state index in [1.54, 1.807) is 0 Å². The molecule has 4 nitrogen and oxygen atoms in total. The van der Waals surface area contributed by atoms with Gasteiger partial charge >= 0.3 is 0 Å². The number of hydrogen-bond donors (Lipinski definition) is 1. The van der Waals surface area contributed by atoms with Crippen molar-refractivity contribution in [1.29, 1.82) is 0 Å². The Labute approximate surface area is 118 Å². The lowest BCUT2D eigenvalue weighted by Gasteiger charge is -2.18. The van der Waals surface area contributed by atoms with Crippen LogP contribution >= 0.6 is 15.9 Å². The lowest BCUT2D eigenvalue weighted by atomic mass is 10.0. The molecule has 1 aromatic rings. The van der Waals surface area contributed by atoms with Crippen LogP contribution in [0.1, 0.15) is 31.7 Å². The van der Waals surface area contributed by atoms with Crippen LogP contribution in [0.3, 0.4) is 0 Å². The van der Waals surface area contributed by atoms with Gasteiger partial charge in [0.2, 0.25) is 0 Å². The highest BCUT2D eigenvalue weighted by atomic mass is 79.9. The Kier molecular flexibility index (Phi) is 4.45. The minimum atomic E-state index is 0.302. The van der Waals surface area contributed by atoms with Crippen LogP contribution in [0, 0.1) is 5.92 Å². The molecule has 1 aliphatic heterocycles. The lowest BCUT2D eigenvalue weighted by Crippen LogP contribution is -2.30. The van der Waals surface area contributed by atoms with Gasteiger partial charge in [-0.05, 0) is 48.2 Å². The van der Waals surface area contributed by atoms with Crippen LogP contribution in [0.5, 0.6) is 0 Å². The minimum Gasteiger partial charge on any atom is -0.328 e. The Balaban J connectivity index is 2.05. The molecule has 5 heteroatoms. The van der Waals surface area contributed by atoms with Crippen molar-refractivity contribution in [2.45, 2.75) is 39.3 Å². The summed E-state index contributed by atoms with van der Waals surface area (Å²) in [6.07, 6.45) is 2.19. The molecule has 2 unspecified atom stereocenters. The normalized spacial score (nSPS) is 22.6. The van der Waals surface area contributed by atoms with Crippen LogP contribution in [0.25, 0.3) is 0 Å². The highest BCUT2D eigenvalue weighted by molar-refractivity contribution is 9.10. The maximum atomic E-state index is 5.99. The van der Waals surface area contributed by atoms with Crippen molar-refractivity contribution >= 4 is 15.9 Å². The topological polar surface area (TPSA) is 47.1 Å². The van der Waals surface area contributed by atoms with E-state index in [1.807, 2.05) is 11.7 Å².